The molecule has 0 saturated carbocycles. The number of rotatable bonds is 5. The van der Waals surface area contributed by atoms with Crippen LogP contribution in [-0.2, 0) is 4.74 Å². The van der Waals surface area contributed by atoms with Gasteiger partial charge in [-0.1, -0.05) is 0 Å². The number of esters is 1. The molecule has 2 rings (SSSR count). The summed E-state index contributed by atoms with van der Waals surface area (Å²) in [6.07, 6.45) is 0. The van der Waals surface area contributed by atoms with Crippen molar-refractivity contribution in [2.75, 3.05) is 19.0 Å². The first kappa shape index (κ1) is 17.3. The van der Waals surface area contributed by atoms with Gasteiger partial charge in [0.2, 0.25) is 0 Å². The molecule has 0 bridgehead atoms. The molecule has 0 heterocycles. The molecule has 1 amide bonds. The molecule has 120 valence electrons. The third-order valence-electron chi connectivity index (χ3n) is 3.07. The average Bonchev–Trinajstić information content (AvgIpc) is 2.55. The quantitative estimate of drug-likeness (QED) is 0.586. The van der Waals surface area contributed by atoms with Gasteiger partial charge in [0, 0.05) is 11.3 Å². The fourth-order valence-electron chi connectivity index (χ4n) is 1.91. The SMILES string of the molecule is CCOC(=O)c1ccc(NC(=O)c2ccc(OC)c(I)c2)cc1. The molecule has 23 heavy (non-hydrogen) atoms. The molecule has 2 aromatic carbocycles. The zero-order valence-corrected chi connectivity index (χ0v) is 14.9. The minimum atomic E-state index is -0.380. The van der Waals surface area contributed by atoms with Crippen LogP contribution in [0.15, 0.2) is 42.5 Å². The second kappa shape index (κ2) is 7.96. The highest BCUT2D eigenvalue weighted by molar-refractivity contribution is 14.1. The number of carbonyl (C=O) groups is 2. The van der Waals surface area contributed by atoms with Crippen LogP contribution in [0.2, 0.25) is 0 Å². The lowest BCUT2D eigenvalue weighted by Crippen LogP contribution is -2.12. The van der Waals surface area contributed by atoms with Gasteiger partial charge in [0.15, 0.2) is 0 Å². The Hall–Kier alpha value is -2.09. The number of hydrogen-bond donors (Lipinski definition) is 1. The Balaban J connectivity index is 2.08. The number of hydrogen-bond acceptors (Lipinski definition) is 4. The molecule has 0 saturated heterocycles. The molecule has 0 unspecified atom stereocenters. The van der Waals surface area contributed by atoms with Crippen molar-refractivity contribution in [1.82, 2.24) is 0 Å². The maximum Gasteiger partial charge on any atom is 0.338 e. The summed E-state index contributed by atoms with van der Waals surface area (Å²) in [6.45, 7) is 2.08. The smallest absolute Gasteiger partial charge is 0.338 e. The first-order valence-corrected chi connectivity index (χ1v) is 8.05. The number of halogens is 1. The van der Waals surface area contributed by atoms with E-state index >= 15 is 0 Å². The molecule has 0 radical (unpaired) electrons. The van der Waals surface area contributed by atoms with Crippen LogP contribution >= 0.6 is 22.6 Å². The zero-order valence-electron chi connectivity index (χ0n) is 12.8. The van der Waals surface area contributed by atoms with Crippen molar-refractivity contribution in [1.29, 1.82) is 0 Å². The van der Waals surface area contributed by atoms with E-state index in [0.717, 1.165) is 9.32 Å². The van der Waals surface area contributed by atoms with Crippen molar-refractivity contribution in [3.63, 3.8) is 0 Å². The molecular formula is C17H16INO4. The number of anilines is 1. The molecule has 0 aromatic heterocycles. The van der Waals surface area contributed by atoms with Gasteiger partial charge in [-0.2, -0.15) is 0 Å². The number of nitrogens with one attached hydrogen (secondary N) is 1. The van der Waals surface area contributed by atoms with E-state index in [1.54, 1.807) is 56.5 Å². The van der Waals surface area contributed by atoms with Crippen LogP contribution < -0.4 is 10.1 Å². The highest BCUT2D eigenvalue weighted by Crippen LogP contribution is 2.22. The number of amides is 1. The maximum absolute atomic E-state index is 12.2. The lowest BCUT2D eigenvalue weighted by atomic mass is 10.1. The van der Waals surface area contributed by atoms with E-state index in [1.165, 1.54) is 0 Å². The van der Waals surface area contributed by atoms with E-state index < -0.39 is 0 Å². The monoisotopic (exact) mass is 425 g/mol. The average molecular weight is 425 g/mol. The summed E-state index contributed by atoms with van der Waals surface area (Å²) < 4.78 is 10.9. The van der Waals surface area contributed by atoms with E-state index in [9.17, 15) is 9.59 Å². The third-order valence-corrected chi connectivity index (χ3v) is 3.91. The molecule has 2 aromatic rings. The summed E-state index contributed by atoms with van der Waals surface area (Å²) in [5.74, 6) is 0.116. The van der Waals surface area contributed by atoms with Gasteiger partial charge in [-0.3, -0.25) is 4.79 Å². The first-order chi connectivity index (χ1) is 11.0. The summed E-state index contributed by atoms with van der Waals surface area (Å²) in [6, 6.07) is 11.8. The van der Waals surface area contributed by atoms with Crippen molar-refractivity contribution in [2.45, 2.75) is 6.92 Å². The summed E-state index contributed by atoms with van der Waals surface area (Å²) >= 11 is 2.11. The molecule has 0 fully saturated rings. The molecule has 0 aliphatic heterocycles. The normalized spacial score (nSPS) is 10.0. The Kier molecular flexibility index (Phi) is 5.97. The van der Waals surface area contributed by atoms with Gasteiger partial charge in [-0.25, -0.2) is 4.79 Å². The third kappa shape index (κ3) is 4.44. The summed E-state index contributed by atoms with van der Waals surface area (Å²) in [5, 5.41) is 2.79. The van der Waals surface area contributed by atoms with Crippen LogP contribution in [0.25, 0.3) is 0 Å². The maximum atomic E-state index is 12.2. The molecule has 1 N–H and O–H groups in total. The zero-order chi connectivity index (χ0) is 16.8. The van der Waals surface area contributed by atoms with Gasteiger partial charge in [0.1, 0.15) is 5.75 Å². The van der Waals surface area contributed by atoms with Crippen molar-refractivity contribution >= 4 is 40.2 Å². The van der Waals surface area contributed by atoms with Crippen molar-refractivity contribution < 1.29 is 19.1 Å². The first-order valence-electron chi connectivity index (χ1n) is 6.97. The molecule has 0 aliphatic rings. The van der Waals surface area contributed by atoms with Gasteiger partial charge in [0.25, 0.3) is 5.91 Å². The molecule has 6 heteroatoms. The Morgan fingerprint density at radius 1 is 1.09 bits per heavy atom. The minimum absolute atomic E-state index is 0.227. The van der Waals surface area contributed by atoms with Gasteiger partial charge in [-0.05, 0) is 72.0 Å². The topological polar surface area (TPSA) is 64.6 Å². The number of carbonyl (C=O) groups excluding carboxylic acids is 2. The second-order valence-corrected chi connectivity index (χ2v) is 5.76. The molecule has 0 atom stereocenters. The Bertz CT molecular complexity index is 713. The van der Waals surface area contributed by atoms with Crippen molar-refractivity contribution in [2.24, 2.45) is 0 Å². The molecule has 5 nitrogen and oxygen atoms in total. The highest BCUT2D eigenvalue weighted by atomic mass is 127. The highest BCUT2D eigenvalue weighted by Gasteiger charge is 2.10. The molecule has 0 aliphatic carbocycles. The van der Waals surface area contributed by atoms with Crippen LogP contribution in [-0.4, -0.2) is 25.6 Å². The van der Waals surface area contributed by atoms with E-state index in [2.05, 4.69) is 27.9 Å². The van der Waals surface area contributed by atoms with E-state index in [4.69, 9.17) is 9.47 Å². The van der Waals surface area contributed by atoms with E-state index in [1.807, 2.05) is 0 Å². The Morgan fingerprint density at radius 2 is 1.74 bits per heavy atom. The van der Waals surface area contributed by atoms with Crippen molar-refractivity contribution in [3.05, 3.63) is 57.2 Å². The largest absolute Gasteiger partial charge is 0.496 e. The predicted molar refractivity (Wildman–Crippen MR) is 96.1 cm³/mol. The van der Waals surface area contributed by atoms with Gasteiger partial charge >= 0.3 is 5.97 Å². The Morgan fingerprint density at radius 3 is 2.30 bits per heavy atom. The fraction of sp³-hybridized carbons (Fsp3) is 0.176. The standard InChI is InChI=1S/C17H16INO4/c1-3-23-17(21)11-4-7-13(8-5-11)19-16(20)12-6-9-15(22-2)14(18)10-12/h4-10H,3H2,1-2H3,(H,19,20). The lowest BCUT2D eigenvalue weighted by Gasteiger charge is -2.08. The number of ether oxygens (including phenoxy) is 2. The second-order valence-electron chi connectivity index (χ2n) is 4.60. The van der Waals surface area contributed by atoms with Gasteiger partial charge in [-0.15, -0.1) is 0 Å². The van der Waals surface area contributed by atoms with Crippen LogP contribution in [0, 0.1) is 3.57 Å². The summed E-state index contributed by atoms with van der Waals surface area (Å²) in [4.78, 5) is 23.8. The van der Waals surface area contributed by atoms with Crippen LogP contribution in [0.3, 0.4) is 0 Å². The minimum Gasteiger partial charge on any atom is -0.496 e. The van der Waals surface area contributed by atoms with E-state index in [-0.39, 0.29) is 11.9 Å². The van der Waals surface area contributed by atoms with Crippen molar-refractivity contribution in [3.8, 4) is 5.75 Å². The lowest BCUT2D eigenvalue weighted by molar-refractivity contribution is 0.0526. The predicted octanol–water partition coefficient (Wildman–Crippen LogP) is 3.73. The number of methoxy groups -OCH3 is 1. The summed E-state index contributed by atoms with van der Waals surface area (Å²) in [7, 11) is 1.59. The van der Waals surface area contributed by atoms with Crippen LogP contribution in [0.5, 0.6) is 5.75 Å². The summed E-state index contributed by atoms with van der Waals surface area (Å²) in [5.41, 5.74) is 1.59. The van der Waals surface area contributed by atoms with Gasteiger partial charge in [0.05, 0.1) is 22.9 Å². The van der Waals surface area contributed by atoms with Crippen LogP contribution in [0.1, 0.15) is 27.6 Å². The van der Waals surface area contributed by atoms with Crippen LogP contribution in [0.4, 0.5) is 5.69 Å². The fourth-order valence-corrected chi connectivity index (χ4v) is 2.65. The number of benzene rings is 2. The molecule has 0 spiro atoms. The van der Waals surface area contributed by atoms with E-state index in [0.29, 0.717) is 23.4 Å². The Labute approximate surface area is 148 Å². The van der Waals surface area contributed by atoms with Gasteiger partial charge < -0.3 is 14.8 Å². The molecular weight excluding hydrogens is 409 g/mol.